The maximum Gasteiger partial charge on any atom is 0.305 e. The van der Waals surface area contributed by atoms with E-state index in [0.717, 1.165) is 12.8 Å². The second-order valence-corrected chi connectivity index (χ2v) is 7.08. The molecule has 172 valence electrons. The first-order valence-electron chi connectivity index (χ1n) is 10.0. The van der Waals surface area contributed by atoms with Crippen molar-refractivity contribution in [2.45, 2.75) is 85.1 Å². The van der Waals surface area contributed by atoms with Gasteiger partial charge in [-0.25, -0.2) is 0 Å². The standard InChI is InChI=1S/C20H32O10/c1-7-15(8-2)9-26-18-17(27-12(4)22)16(10-25-11(3)21)30-20(29-14(6)24)19(18)28-13(5)23/h15-20H,7-10H2,1-6H3/t16-,17-,18+,19-,20-/m1/s1. The van der Waals surface area contributed by atoms with Gasteiger partial charge in [0, 0.05) is 27.7 Å². The highest BCUT2D eigenvalue weighted by molar-refractivity contribution is 5.68. The molecule has 0 radical (unpaired) electrons. The van der Waals surface area contributed by atoms with E-state index < -0.39 is 54.6 Å². The quantitative estimate of drug-likeness (QED) is 0.371. The molecule has 1 heterocycles. The van der Waals surface area contributed by atoms with Gasteiger partial charge in [-0.1, -0.05) is 26.7 Å². The van der Waals surface area contributed by atoms with Crippen LogP contribution in [-0.4, -0.2) is 67.8 Å². The Hall–Kier alpha value is -2.20. The van der Waals surface area contributed by atoms with Crippen LogP contribution in [0.5, 0.6) is 0 Å². The smallest absolute Gasteiger partial charge is 0.305 e. The molecule has 0 amide bonds. The van der Waals surface area contributed by atoms with E-state index in [0.29, 0.717) is 6.61 Å². The number of carbonyl (C=O) groups is 4. The molecule has 1 aliphatic rings. The first-order chi connectivity index (χ1) is 14.1. The zero-order chi connectivity index (χ0) is 22.8. The molecule has 0 aromatic rings. The Kier molecular flexibility index (Phi) is 10.8. The predicted molar refractivity (Wildman–Crippen MR) is 102 cm³/mol. The summed E-state index contributed by atoms with van der Waals surface area (Å²) in [5.74, 6) is -2.31. The summed E-state index contributed by atoms with van der Waals surface area (Å²) in [6.45, 7) is 8.83. The molecular weight excluding hydrogens is 400 g/mol. The first-order valence-corrected chi connectivity index (χ1v) is 10.0. The van der Waals surface area contributed by atoms with E-state index in [1.54, 1.807) is 0 Å². The second kappa shape index (κ2) is 12.5. The Morgan fingerprint density at radius 2 is 1.30 bits per heavy atom. The van der Waals surface area contributed by atoms with Gasteiger partial charge < -0.3 is 28.4 Å². The van der Waals surface area contributed by atoms with Crippen LogP contribution in [0.1, 0.15) is 54.4 Å². The third kappa shape index (κ3) is 8.27. The maximum absolute atomic E-state index is 11.7. The molecule has 0 spiro atoms. The maximum atomic E-state index is 11.7. The SMILES string of the molecule is CCC(CC)CO[C@@H]1[C@@H](OC(C)=O)[C@H](OC(C)=O)O[C@H](COC(C)=O)[C@H]1OC(C)=O. The summed E-state index contributed by atoms with van der Waals surface area (Å²) in [4.78, 5) is 46.3. The van der Waals surface area contributed by atoms with Gasteiger partial charge in [-0.15, -0.1) is 0 Å². The molecule has 10 nitrogen and oxygen atoms in total. The van der Waals surface area contributed by atoms with Gasteiger partial charge in [-0.2, -0.15) is 0 Å². The molecule has 0 aromatic heterocycles. The highest BCUT2D eigenvalue weighted by Crippen LogP contribution is 2.30. The normalized spacial score (nSPS) is 26.0. The summed E-state index contributed by atoms with van der Waals surface area (Å²) in [6, 6.07) is 0. The molecule has 0 N–H and O–H groups in total. The molecule has 0 aromatic carbocycles. The fourth-order valence-corrected chi connectivity index (χ4v) is 3.08. The summed E-state index contributed by atoms with van der Waals surface area (Å²) < 4.78 is 32.7. The fourth-order valence-electron chi connectivity index (χ4n) is 3.08. The van der Waals surface area contributed by atoms with E-state index in [4.69, 9.17) is 28.4 Å². The van der Waals surface area contributed by atoms with Crippen LogP contribution in [0.15, 0.2) is 0 Å². The van der Waals surface area contributed by atoms with Crippen LogP contribution in [0.25, 0.3) is 0 Å². The van der Waals surface area contributed by atoms with Crippen LogP contribution < -0.4 is 0 Å². The molecule has 0 unspecified atom stereocenters. The number of rotatable bonds is 10. The van der Waals surface area contributed by atoms with Crippen molar-refractivity contribution in [2.24, 2.45) is 5.92 Å². The fraction of sp³-hybridized carbons (Fsp3) is 0.800. The minimum atomic E-state index is -1.33. The van der Waals surface area contributed by atoms with Gasteiger partial charge in [0.05, 0.1) is 6.61 Å². The summed E-state index contributed by atoms with van der Waals surface area (Å²) in [5.41, 5.74) is 0. The number of hydrogen-bond donors (Lipinski definition) is 0. The lowest BCUT2D eigenvalue weighted by Crippen LogP contribution is -2.63. The van der Waals surface area contributed by atoms with Gasteiger partial charge in [-0.3, -0.25) is 19.2 Å². The van der Waals surface area contributed by atoms with Gasteiger partial charge >= 0.3 is 23.9 Å². The molecule has 5 atom stereocenters. The highest BCUT2D eigenvalue weighted by Gasteiger charge is 2.52. The first kappa shape index (κ1) is 25.8. The molecule has 1 fully saturated rings. The minimum Gasteiger partial charge on any atom is -0.463 e. The van der Waals surface area contributed by atoms with Crippen molar-refractivity contribution >= 4 is 23.9 Å². The van der Waals surface area contributed by atoms with E-state index in [9.17, 15) is 19.2 Å². The van der Waals surface area contributed by atoms with Crippen molar-refractivity contribution in [3.8, 4) is 0 Å². The number of carbonyl (C=O) groups excluding carboxylic acids is 4. The monoisotopic (exact) mass is 432 g/mol. The summed E-state index contributed by atoms with van der Waals surface area (Å²) >= 11 is 0. The Balaban J connectivity index is 3.28. The lowest BCUT2D eigenvalue weighted by molar-refractivity contribution is -0.305. The predicted octanol–water partition coefficient (Wildman–Crippen LogP) is 1.52. The Morgan fingerprint density at radius 3 is 1.77 bits per heavy atom. The van der Waals surface area contributed by atoms with Crippen LogP contribution in [0.4, 0.5) is 0 Å². The number of ether oxygens (including phenoxy) is 6. The number of esters is 4. The van der Waals surface area contributed by atoms with E-state index in [1.807, 2.05) is 13.8 Å². The zero-order valence-electron chi connectivity index (χ0n) is 18.4. The third-order valence-electron chi connectivity index (χ3n) is 4.61. The van der Waals surface area contributed by atoms with Crippen molar-refractivity contribution < 1.29 is 47.6 Å². The van der Waals surface area contributed by atoms with Crippen molar-refractivity contribution in [1.29, 1.82) is 0 Å². The lowest BCUT2D eigenvalue weighted by atomic mass is 9.97. The van der Waals surface area contributed by atoms with Crippen LogP contribution in [-0.2, 0) is 47.6 Å². The van der Waals surface area contributed by atoms with E-state index >= 15 is 0 Å². The van der Waals surface area contributed by atoms with Crippen molar-refractivity contribution in [2.75, 3.05) is 13.2 Å². The van der Waals surface area contributed by atoms with Crippen LogP contribution in [0, 0.1) is 5.92 Å². The lowest BCUT2D eigenvalue weighted by Gasteiger charge is -2.44. The molecule has 1 rings (SSSR count). The Labute approximate surface area is 176 Å². The largest absolute Gasteiger partial charge is 0.463 e. The zero-order valence-corrected chi connectivity index (χ0v) is 18.4. The van der Waals surface area contributed by atoms with Crippen LogP contribution in [0.2, 0.25) is 0 Å². The van der Waals surface area contributed by atoms with E-state index in [2.05, 4.69) is 0 Å². The molecule has 0 bridgehead atoms. The minimum absolute atomic E-state index is 0.211. The van der Waals surface area contributed by atoms with Crippen molar-refractivity contribution in [1.82, 2.24) is 0 Å². The molecule has 30 heavy (non-hydrogen) atoms. The summed E-state index contributed by atoms with van der Waals surface area (Å²) in [6.07, 6.45) is -3.88. The van der Waals surface area contributed by atoms with Gasteiger partial charge in [0.25, 0.3) is 0 Å². The van der Waals surface area contributed by atoms with Gasteiger partial charge in [0.2, 0.25) is 6.29 Å². The van der Waals surface area contributed by atoms with Gasteiger partial charge in [-0.05, 0) is 5.92 Å². The topological polar surface area (TPSA) is 124 Å². The van der Waals surface area contributed by atoms with Crippen molar-refractivity contribution in [3.63, 3.8) is 0 Å². The molecule has 0 saturated carbocycles. The van der Waals surface area contributed by atoms with E-state index in [-0.39, 0.29) is 12.5 Å². The highest BCUT2D eigenvalue weighted by atomic mass is 16.7. The molecule has 1 saturated heterocycles. The number of hydrogen-bond acceptors (Lipinski definition) is 10. The average Bonchev–Trinajstić information content (AvgIpc) is 2.63. The second-order valence-electron chi connectivity index (χ2n) is 7.08. The van der Waals surface area contributed by atoms with Crippen LogP contribution >= 0.6 is 0 Å². The van der Waals surface area contributed by atoms with Crippen molar-refractivity contribution in [3.05, 3.63) is 0 Å². The third-order valence-corrected chi connectivity index (χ3v) is 4.61. The Morgan fingerprint density at radius 1 is 0.767 bits per heavy atom. The average molecular weight is 432 g/mol. The summed E-state index contributed by atoms with van der Waals surface area (Å²) in [7, 11) is 0. The molecule has 10 heteroatoms. The van der Waals surface area contributed by atoms with E-state index in [1.165, 1.54) is 27.7 Å². The van der Waals surface area contributed by atoms with Gasteiger partial charge in [0.1, 0.15) is 18.8 Å². The molecule has 1 aliphatic heterocycles. The summed E-state index contributed by atoms with van der Waals surface area (Å²) in [5, 5.41) is 0. The molecule has 0 aliphatic carbocycles. The molecular formula is C20H32O10. The van der Waals surface area contributed by atoms with Gasteiger partial charge in [0.15, 0.2) is 12.2 Å². The Bertz CT molecular complexity index is 600. The van der Waals surface area contributed by atoms with Crippen LogP contribution in [0.3, 0.4) is 0 Å².